The molecule has 0 radical (unpaired) electrons. The molecular formula is C17H17NO2. The molecule has 0 spiro atoms. The summed E-state index contributed by atoms with van der Waals surface area (Å²) in [5.41, 5.74) is 3.03. The molecule has 1 amide bonds. The first-order valence-electron chi connectivity index (χ1n) is 6.36. The highest BCUT2D eigenvalue weighted by Gasteiger charge is 2.01. The van der Waals surface area contributed by atoms with Gasteiger partial charge in [-0.3, -0.25) is 4.79 Å². The molecule has 2 rings (SSSR count). The SMILES string of the molecule is C=CC(=O)Nc1ccc(Oc2cc(C)cc(C)c2)cc1. The molecule has 0 aromatic heterocycles. The highest BCUT2D eigenvalue weighted by Crippen LogP contribution is 2.25. The number of hydrogen-bond acceptors (Lipinski definition) is 2. The Morgan fingerprint density at radius 2 is 1.65 bits per heavy atom. The van der Waals surface area contributed by atoms with Gasteiger partial charge in [0.2, 0.25) is 5.91 Å². The highest BCUT2D eigenvalue weighted by atomic mass is 16.5. The van der Waals surface area contributed by atoms with E-state index in [4.69, 9.17) is 4.74 Å². The molecule has 0 unspecified atom stereocenters. The average molecular weight is 267 g/mol. The zero-order valence-electron chi connectivity index (χ0n) is 11.6. The molecule has 0 atom stereocenters. The van der Waals surface area contributed by atoms with Crippen LogP contribution in [0.15, 0.2) is 55.1 Å². The molecule has 0 fully saturated rings. The highest BCUT2D eigenvalue weighted by molar-refractivity contribution is 5.98. The van der Waals surface area contributed by atoms with Gasteiger partial charge in [0.15, 0.2) is 0 Å². The first kappa shape index (κ1) is 13.9. The van der Waals surface area contributed by atoms with Crippen LogP contribution in [0.2, 0.25) is 0 Å². The van der Waals surface area contributed by atoms with Crippen molar-refractivity contribution in [3.8, 4) is 11.5 Å². The van der Waals surface area contributed by atoms with Gasteiger partial charge >= 0.3 is 0 Å². The van der Waals surface area contributed by atoms with Crippen LogP contribution < -0.4 is 10.1 Å². The Bertz CT molecular complexity index is 610. The van der Waals surface area contributed by atoms with Crippen LogP contribution in [0.3, 0.4) is 0 Å². The molecule has 0 heterocycles. The number of benzene rings is 2. The third kappa shape index (κ3) is 3.72. The van der Waals surface area contributed by atoms with E-state index in [0.29, 0.717) is 5.69 Å². The number of anilines is 1. The van der Waals surface area contributed by atoms with Gasteiger partial charge in [-0.05, 0) is 67.4 Å². The average Bonchev–Trinajstić information content (AvgIpc) is 2.39. The van der Waals surface area contributed by atoms with Gasteiger partial charge in [0.05, 0.1) is 0 Å². The maximum atomic E-state index is 11.2. The number of hydrogen-bond donors (Lipinski definition) is 1. The van der Waals surface area contributed by atoms with Gasteiger partial charge in [0.1, 0.15) is 11.5 Å². The lowest BCUT2D eigenvalue weighted by Gasteiger charge is -2.09. The van der Waals surface area contributed by atoms with Gasteiger partial charge in [-0.2, -0.15) is 0 Å². The van der Waals surface area contributed by atoms with Crippen LogP contribution in [0.4, 0.5) is 5.69 Å². The van der Waals surface area contributed by atoms with Gasteiger partial charge in [-0.15, -0.1) is 0 Å². The minimum absolute atomic E-state index is 0.229. The number of amides is 1. The monoisotopic (exact) mass is 267 g/mol. The molecule has 3 heteroatoms. The second-order valence-corrected chi connectivity index (χ2v) is 4.64. The summed E-state index contributed by atoms with van der Waals surface area (Å²) in [4.78, 5) is 11.2. The van der Waals surface area contributed by atoms with Crippen LogP contribution in [0.1, 0.15) is 11.1 Å². The summed E-state index contributed by atoms with van der Waals surface area (Å²) >= 11 is 0. The van der Waals surface area contributed by atoms with Crippen molar-refractivity contribution in [2.75, 3.05) is 5.32 Å². The van der Waals surface area contributed by atoms with Crippen LogP contribution in [0, 0.1) is 13.8 Å². The van der Waals surface area contributed by atoms with E-state index in [2.05, 4.69) is 18.0 Å². The quantitative estimate of drug-likeness (QED) is 0.842. The summed E-state index contributed by atoms with van der Waals surface area (Å²) in [7, 11) is 0. The van der Waals surface area contributed by atoms with Crippen LogP contribution in [0.25, 0.3) is 0 Å². The Morgan fingerprint density at radius 3 is 2.20 bits per heavy atom. The second kappa shape index (κ2) is 6.06. The summed E-state index contributed by atoms with van der Waals surface area (Å²) in [5, 5.41) is 2.69. The fraction of sp³-hybridized carbons (Fsp3) is 0.118. The van der Waals surface area contributed by atoms with E-state index in [0.717, 1.165) is 22.6 Å². The molecule has 0 aliphatic rings. The summed E-state index contributed by atoms with van der Waals surface area (Å²) in [5.74, 6) is 1.31. The maximum absolute atomic E-state index is 11.2. The number of ether oxygens (including phenoxy) is 1. The molecule has 0 saturated carbocycles. The van der Waals surface area contributed by atoms with E-state index < -0.39 is 0 Å². The van der Waals surface area contributed by atoms with Gasteiger partial charge < -0.3 is 10.1 Å². The lowest BCUT2D eigenvalue weighted by atomic mass is 10.1. The Balaban J connectivity index is 2.10. The first-order valence-corrected chi connectivity index (χ1v) is 6.36. The largest absolute Gasteiger partial charge is 0.457 e. The smallest absolute Gasteiger partial charge is 0.247 e. The van der Waals surface area contributed by atoms with Crippen molar-refractivity contribution in [3.05, 3.63) is 66.2 Å². The summed E-state index contributed by atoms with van der Waals surface area (Å²) < 4.78 is 5.79. The third-order valence-electron chi connectivity index (χ3n) is 2.74. The molecular weight excluding hydrogens is 250 g/mol. The van der Waals surface area contributed by atoms with Crippen LogP contribution in [-0.4, -0.2) is 5.91 Å². The lowest BCUT2D eigenvalue weighted by Crippen LogP contribution is -2.06. The van der Waals surface area contributed by atoms with E-state index in [1.54, 1.807) is 12.1 Å². The summed E-state index contributed by atoms with van der Waals surface area (Å²) in [6.07, 6.45) is 1.24. The van der Waals surface area contributed by atoms with Crippen molar-refractivity contribution in [3.63, 3.8) is 0 Å². The fourth-order valence-electron chi connectivity index (χ4n) is 1.93. The molecule has 2 aromatic carbocycles. The normalized spacial score (nSPS) is 9.90. The molecule has 0 aliphatic heterocycles. The third-order valence-corrected chi connectivity index (χ3v) is 2.74. The van der Waals surface area contributed by atoms with Crippen LogP contribution in [0.5, 0.6) is 11.5 Å². The van der Waals surface area contributed by atoms with E-state index >= 15 is 0 Å². The predicted molar refractivity (Wildman–Crippen MR) is 81.3 cm³/mol. The maximum Gasteiger partial charge on any atom is 0.247 e. The van der Waals surface area contributed by atoms with Crippen molar-refractivity contribution in [2.24, 2.45) is 0 Å². The Morgan fingerprint density at radius 1 is 1.05 bits per heavy atom. The van der Waals surface area contributed by atoms with E-state index in [-0.39, 0.29) is 5.91 Å². The van der Waals surface area contributed by atoms with Crippen molar-refractivity contribution in [1.29, 1.82) is 0 Å². The molecule has 0 aliphatic carbocycles. The van der Waals surface area contributed by atoms with Crippen LogP contribution >= 0.6 is 0 Å². The van der Waals surface area contributed by atoms with Gasteiger partial charge in [0.25, 0.3) is 0 Å². The molecule has 102 valence electrons. The van der Waals surface area contributed by atoms with Gasteiger partial charge in [0, 0.05) is 5.69 Å². The zero-order chi connectivity index (χ0) is 14.5. The number of aryl methyl sites for hydroxylation is 2. The molecule has 3 nitrogen and oxygen atoms in total. The standard InChI is InChI=1S/C17H17NO2/c1-4-17(19)18-14-5-7-15(8-6-14)20-16-10-12(2)9-13(3)11-16/h4-11H,1H2,2-3H3,(H,18,19). The minimum Gasteiger partial charge on any atom is -0.457 e. The number of carbonyl (C=O) groups excluding carboxylic acids is 1. The summed E-state index contributed by atoms with van der Waals surface area (Å²) in [6.45, 7) is 7.48. The molecule has 20 heavy (non-hydrogen) atoms. The molecule has 0 saturated heterocycles. The second-order valence-electron chi connectivity index (χ2n) is 4.64. The fourth-order valence-corrected chi connectivity index (χ4v) is 1.93. The number of rotatable bonds is 4. The van der Waals surface area contributed by atoms with Crippen molar-refractivity contribution >= 4 is 11.6 Å². The first-order chi connectivity index (χ1) is 9.56. The molecule has 2 aromatic rings. The van der Waals surface area contributed by atoms with E-state index in [1.165, 1.54) is 6.08 Å². The van der Waals surface area contributed by atoms with Crippen molar-refractivity contribution < 1.29 is 9.53 Å². The summed E-state index contributed by atoms with van der Waals surface area (Å²) in [6, 6.07) is 13.3. The van der Waals surface area contributed by atoms with Crippen molar-refractivity contribution in [2.45, 2.75) is 13.8 Å². The van der Waals surface area contributed by atoms with E-state index in [1.807, 2.05) is 38.1 Å². The number of nitrogens with one attached hydrogen (secondary N) is 1. The predicted octanol–water partition coefficient (Wildman–Crippen LogP) is 4.22. The minimum atomic E-state index is -0.229. The van der Waals surface area contributed by atoms with E-state index in [9.17, 15) is 4.79 Å². The molecule has 0 bridgehead atoms. The zero-order valence-corrected chi connectivity index (χ0v) is 11.6. The Kier molecular flexibility index (Phi) is 4.20. The topological polar surface area (TPSA) is 38.3 Å². The van der Waals surface area contributed by atoms with Crippen LogP contribution in [-0.2, 0) is 4.79 Å². The van der Waals surface area contributed by atoms with Crippen molar-refractivity contribution in [1.82, 2.24) is 0 Å². The number of carbonyl (C=O) groups is 1. The molecule has 1 N–H and O–H groups in total. The van der Waals surface area contributed by atoms with Gasteiger partial charge in [-0.25, -0.2) is 0 Å². The van der Waals surface area contributed by atoms with Gasteiger partial charge in [-0.1, -0.05) is 12.6 Å². The lowest BCUT2D eigenvalue weighted by molar-refractivity contribution is -0.111. The Labute approximate surface area is 118 Å². The Hall–Kier alpha value is -2.55.